The maximum atomic E-state index is 9.11. The van der Waals surface area contributed by atoms with Gasteiger partial charge in [-0.25, -0.2) is 9.97 Å². The molecular weight excluding hydrogens is 224 g/mol. The molecule has 0 unspecified atom stereocenters. The second-order valence-electron chi connectivity index (χ2n) is 5.26. The van der Waals surface area contributed by atoms with E-state index in [1.807, 2.05) is 6.07 Å². The van der Waals surface area contributed by atoms with Gasteiger partial charge >= 0.3 is 0 Å². The van der Waals surface area contributed by atoms with E-state index in [2.05, 4.69) is 16.0 Å². The summed E-state index contributed by atoms with van der Waals surface area (Å²) >= 11 is 0. The Morgan fingerprint density at radius 3 is 2.50 bits per heavy atom. The number of hydrogen-bond donors (Lipinski definition) is 0. The van der Waals surface area contributed by atoms with E-state index in [9.17, 15) is 0 Å². The van der Waals surface area contributed by atoms with Crippen LogP contribution < -0.4 is 4.90 Å². The second kappa shape index (κ2) is 4.93. The fourth-order valence-electron chi connectivity index (χ4n) is 2.98. The summed E-state index contributed by atoms with van der Waals surface area (Å²) in [5.41, 5.74) is 0.522. The highest BCUT2D eigenvalue weighted by atomic mass is 15.2. The van der Waals surface area contributed by atoms with Gasteiger partial charge in [0.1, 0.15) is 23.4 Å². The number of nitriles is 1. The summed E-state index contributed by atoms with van der Waals surface area (Å²) in [4.78, 5) is 11.4. The SMILES string of the molecule is N#Cc1cc(N2CCCC2)nc(C2CCCC2)n1. The molecule has 0 radical (unpaired) electrons. The van der Waals surface area contributed by atoms with Gasteiger partial charge in [-0.05, 0) is 25.7 Å². The van der Waals surface area contributed by atoms with Crippen molar-refractivity contribution in [2.75, 3.05) is 18.0 Å². The molecular formula is C14H18N4. The molecule has 18 heavy (non-hydrogen) atoms. The number of anilines is 1. The molecule has 4 nitrogen and oxygen atoms in total. The molecule has 0 N–H and O–H groups in total. The quantitative estimate of drug-likeness (QED) is 0.800. The van der Waals surface area contributed by atoms with E-state index in [0.717, 1.165) is 24.7 Å². The highest BCUT2D eigenvalue weighted by Crippen LogP contribution is 2.33. The zero-order valence-electron chi connectivity index (χ0n) is 10.6. The van der Waals surface area contributed by atoms with Gasteiger partial charge in [0.15, 0.2) is 0 Å². The van der Waals surface area contributed by atoms with Gasteiger partial charge in [-0.3, -0.25) is 0 Å². The second-order valence-corrected chi connectivity index (χ2v) is 5.26. The fraction of sp³-hybridized carbons (Fsp3) is 0.643. The first-order valence-electron chi connectivity index (χ1n) is 6.91. The van der Waals surface area contributed by atoms with Gasteiger partial charge in [-0.2, -0.15) is 5.26 Å². The third-order valence-electron chi connectivity index (χ3n) is 3.99. The van der Waals surface area contributed by atoms with Crippen LogP contribution in [0.1, 0.15) is 56.0 Å². The first kappa shape index (κ1) is 11.5. The minimum Gasteiger partial charge on any atom is -0.356 e. The number of aromatic nitrogens is 2. The zero-order valence-corrected chi connectivity index (χ0v) is 10.6. The summed E-state index contributed by atoms with van der Waals surface area (Å²) in [5.74, 6) is 2.33. The predicted molar refractivity (Wildman–Crippen MR) is 69.4 cm³/mol. The maximum Gasteiger partial charge on any atom is 0.146 e. The number of rotatable bonds is 2. The summed E-state index contributed by atoms with van der Waals surface area (Å²) in [6, 6.07) is 4.01. The van der Waals surface area contributed by atoms with Crippen molar-refractivity contribution in [2.24, 2.45) is 0 Å². The molecule has 2 aliphatic rings. The van der Waals surface area contributed by atoms with Gasteiger partial charge in [-0.15, -0.1) is 0 Å². The molecule has 0 aromatic carbocycles. The Hall–Kier alpha value is -1.63. The van der Waals surface area contributed by atoms with Crippen LogP contribution in [0.3, 0.4) is 0 Å². The molecule has 1 aliphatic heterocycles. The van der Waals surface area contributed by atoms with Crippen molar-refractivity contribution in [3.8, 4) is 6.07 Å². The molecule has 2 fully saturated rings. The average molecular weight is 242 g/mol. The highest BCUT2D eigenvalue weighted by molar-refractivity contribution is 5.44. The van der Waals surface area contributed by atoms with Gasteiger partial charge in [0.05, 0.1) is 0 Å². The Kier molecular flexibility index (Phi) is 3.14. The summed E-state index contributed by atoms with van der Waals surface area (Å²) in [6.45, 7) is 2.12. The molecule has 94 valence electrons. The smallest absolute Gasteiger partial charge is 0.146 e. The fourth-order valence-corrected chi connectivity index (χ4v) is 2.98. The zero-order chi connectivity index (χ0) is 12.4. The van der Waals surface area contributed by atoms with Crippen LogP contribution in [0.4, 0.5) is 5.82 Å². The molecule has 0 amide bonds. The Morgan fingerprint density at radius 2 is 1.83 bits per heavy atom. The van der Waals surface area contributed by atoms with E-state index < -0.39 is 0 Å². The minimum atomic E-state index is 0.472. The number of nitrogens with zero attached hydrogens (tertiary/aromatic N) is 4. The van der Waals surface area contributed by atoms with Crippen LogP contribution in [0, 0.1) is 11.3 Å². The van der Waals surface area contributed by atoms with Crippen molar-refractivity contribution in [2.45, 2.75) is 44.4 Å². The molecule has 0 atom stereocenters. The molecule has 0 bridgehead atoms. The average Bonchev–Trinajstić information content (AvgIpc) is 3.10. The van der Waals surface area contributed by atoms with Crippen LogP contribution in [0.15, 0.2) is 6.07 Å². The van der Waals surface area contributed by atoms with Crippen molar-refractivity contribution in [3.63, 3.8) is 0 Å². The molecule has 1 saturated carbocycles. The van der Waals surface area contributed by atoms with Crippen LogP contribution in [0.2, 0.25) is 0 Å². The Bertz CT molecular complexity index is 431. The molecule has 3 rings (SSSR count). The topological polar surface area (TPSA) is 52.8 Å². The lowest BCUT2D eigenvalue weighted by molar-refractivity contribution is 0.663. The van der Waals surface area contributed by atoms with E-state index in [4.69, 9.17) is 10.2 Å². The summed E-state index contributed by atoms with van der Waals surface area (Å²) in [5, 5.41) is 9.11. The van der Waals surface area contributed by atoms with E-state index in [1.54, 1.807) is 0 Å². The predicted octanol–water partition coefficient (Wildman–Crippen LogP) is 2.61. The van der Waals surface area contributed by atoms with Crippen molar-refractivity contribution < 1.29 is 0 Å². The van der Waals surface area contributed by atoms with Crippen LogP contribution in [0.25, 0.3) is 0 Å². The lowest BCUT2D eigenvalue weighted by Crippen LogP contribution is -2.20. The molecule has 2 heterocycles. The van der Waals surface area contributed by atoms with Gasteiger partial charge in [0, 0.05) is 25.1 Å². The first-order chi connectivity index (χ1) is 8.86. The van der Waals surface area contributed by atoms with Gasteiger partial charge in [0.25, 0.3) is 0 Å². The van der Waals surface area contributed by atoms with Crippen LogP contribution in [-0.2, 0) is 0 Å². The Labute approximate surface area is 108 Å². The van der Waals surface area contributed by atoms with Gasteiger partial charge in [-0.1, -0.05) is 12.8 Å². The van der Waals surface area contributed by atoms with E-state index in [0.29, 0.717) is 11.6 Å². The molecule has 0 spiro atoms. The maximum absolute atomic E-state index is 9.11. The highest BCUT2D eigenvalue weighted by Gasteiger charge is 2.22. The van der Waals surface area contributed by atoms with Crippen molar-refractivity contribution >= 4 is 5.82 Å². The molecule has 1 aromatic heterocycles. The summed E-state index contributed by atoms with van der Waals surface area (Å²) in [7, 11) is 0. The van der Waals surface area contributed by atoms with Crippen LogP contribution >= 0.6 is 0 Å². The van der Waals surface area contributed by atoms with E-state index in [-0.39, 0.29) is 0 Å². The molecule has 4 heteroatoms. The van der Waals surface area contributed by atoms with Crippen LogP contribution in [0.5, 0.6) is 0 Å². The third-order valence-corrected chi connectivity index (χ3v) is 3.99. The third kappa shape index (κ3) is 2.17. The summed E-state index contributed by atoms with van der Waals surface area (Å²) in [6.07, 6.45) is 7.34. The molecule has 1 saturated heterocycles. The monoisotopic (exact) mass is 242 g/mol. The molecule has 1 aromatic rings. The lowest BCUT2D eigenvalue weighted by atomic mass is 10.1. The lowest BCUT2D eigenvalue weighted by Gasteiger charge is -2.18. The van der Waals surface area contributed by atoms with Crippen molar-refractivity contribution in [3.05, 3.63) is 17.6 Å². The van der Waals surface area contributed by atoms with E-state index in [1.165, 1.54) is 38.5 Å². The molecule has 1 aliphatic carbocycles. The first-order valence-corrected chi connectivity index (χ1v) is 6.91. The minimum absolute atomic E-state index is 0.472. The van der Waals surface area contributed by atoms with Crippen molar-refractivity contribution in [1.29, 1.82) is 5.26 Å². The Morgan fingerprint density at radius 1 is 1.11 bits per heavy atom. The van der Waals surface area contributed by atoms with Crippen LogP contribution in [-0.4, -0.2) is 23.1 Å². The normalized spacial score (nSPS) is 20.3. The van der Waals surface area contributed by atoms with Crippen molar-refractivity contribution in [1.82, 2.24) is 9.97 Å². The van der Waals surface area contributed by atoms with Gasteiger partial charge < -0.3 is 4.90 Å². The standard InChI is InChI=1S/C14H18N4/c15-10-12-9-13(18-7-3-4-8-18)17-14(16-12)11-5-1-2-6-11/h9,11H,1-8H2. The van der Waals surface area contributed by atoms with E-state index >= 15 is 0 Å². The largest absolute Gasteiger partial charge is 0.356 e. The Balaban J connectivity index is 1.93. The van der Waals surface area contributed by atoms with Gasteiger partial charge in [0.2, 0.25) is 0 Å². The number of hydrogen-bond acceptors (Lipinski definition) is 4. The summed E-state index contributed by atoms with van der Waals surface area (Å²) < 4.78 is 0.